The second-order valence-corrected chi connectivity index (χ2v) is 43.7. The van der Waals surface area contributed by atoms with Gasteiger partial charge in [0.25, 0.3) is 17.7 Å². The fourth-order valence-electron chi connectivity index (χ4n) is 25.0. The summed E-state index contributed by atoms with van der Waals surface area (Å²) in [5.74, 6) is 3.01. The Balaban J connectivity index is 0.000000197. The van der Waals surface area contributed by atoms with Crippen molar-refractivity contribution in [3.05, 3.63) is 159 Å². The molecular weight excluding hydrogens is 1760 g/mol. The van der Waals surface area contributed by atoms with Crippen LogP contribution in [0.1, 0.15) is 214 Å². The van der Waals surface area contributed by atoms with Crippen molar-refractivity contribution in [1.82, 2.24) is 57.7 Å². The summed E-state index contributed by atoms with van der Waals surface area (Å²) in [7, 11) is 16.7. The van der Waals surface area contributed by atoms with Crippen LogP contribution >= 0.6 is 0 Å². The van der Waals surface area contributed by atoms with Crippen LogP contribution in [-0.2, 0) is 53.3 Å². The van der Waals surface area contributed by atoms with Gasteiger partial charge in [-0.25, -0.2) is 0 Å². The highest BCUT2D eigenvalue weighted by Crippen LogP contribution is 2.64. The maximum Gasteiger partial charge on any atom is 0.251 e. The summed E-state index contributed by atoms with van der Waals surface area (Å²) in [6.45, 7) is 42.0. The van der Waals surface area contributed by atoms with Crippen LogP contribution in [0.5, 0.6) is 0 Å². The van der Waals surface area contributed by atoms with Crippen molar-refractivity contribution in [2.24, 2.45) is 93.0 Å². The van der Waals surface area contributed by atoms with Gasteiger partial charge in [0.15, 0.2) is 0 Å². The van der Waals surface area contributed by atoms with Gasteiger partial charge in [-0.1, -0.05) is 138 Å². The average Bonchev–Trinajstić information content (AvgIpc) is 0.775. The number of hydroxylamine groups is 6. The summed E-state index contributed by atoms with van der Waals surface area (Å²) in [4.78, 5) is 115. The Morgan fingerprint density at radius 1 is 0.443 bits per heavy atom. The summed E-state index contributed by atoms with van der Waals surface area (Å²) >= 11 is 0. The lowest BCUT2D eigenvalue weighted by Crippen LogP contribution is -2.62. The molecular formula is C112H169N15O13. The molecule has 770 valence electrons. The van der Waals surface area contributed by atoms with E-state index in [1.54, 1.807) is 47.0 Å². The number of aliphatic hydroxyl groups excluding tert-OH is 3. The second kappa shape index (κ2) is 46.6. The molecule has 3 aliphatic heterocycles. The number of nitrogens with zero attached hydrogens (tertiary/aromatic N) is 6. The molecule has 12 fully saturated rings. The molecule has 13 N–H and O–H groups in total. The number of hydrogen-bond acceptors (Lipinski definition) is 22. The van der Waals surface area contributed by atoms with Crippen molar-refractivity contribution in [3.8, 4) is 33.4 Å². The molecule has 28 nitrogen and oxygen atoms in total. The molecule has 24 atom stereocenters. The number of aliphatic hydroxyl groups is 3. The van der Waals surface area contributed by atoms with Gasteiger partial charge in [-0.3, -0.25) is 43.3 Å². The lowest BCUT2D eigenvalue weighted by atomic mass is 9.45. The van der Waals surface area contributed by atoms with Gasteiger partial charge in [0.1, 0.15) is 24.4 Å². The Kier molecular flexibility index (Phi) is 37.0. The molecule has 0 unspecified atom stereocenters. The number of carbonyl (C=O) groups excluding carboxylic acids is 7. The maximum absolute atomic E-state index is 14.3. The van der Waals surface area contributed by atoms with Gasteiger partial charge in [0, 0.05) is 153 Å². The molecule has 140 heavy (non-hydrogen) atoms. The summed E-state index contributed by atoms with van der Waals surface area (Å²) < 4.78 is 0. The highest BCUT2D eigenvalue weighted by molar-refractivity contribution is 5.99. The van der Waals surface area contributed by atoms with Gasteiger partial charge in [0.2, 0.25) is 17.7 Å². The molecule has 12 aliphatic rings. The van der Waals surface area contributed by atoms with E-state index < -0.39 is 48.5 Å². The van der Waals surface area contributed by atoms with Crippen molar-refractivity contribution in [2.45, 2.75) is 263 Å². The minimum atomic E-state index is -0.773. The highest BCUT2D eigenvalue weighted by Gasteiger charge is 2.61. The second-order valence-electron chi connectivity index (χ2n) is 43.7. The minimum Gasteiger partial charge on any atom is -0.393 e. The first-order valence-corrected chi connectivity index (χ1v) is 50.9. The summed E-state index contributed by atoms with van der Waals surface area (Å²) in [5, 5.41) is 63.6. The molecule has 6 aromatic carbocycles. The van der Waals surface area contributed by atoms with E-state index >= 15 is 0 Å². The minimum absolute atomic E-state index is 0. The van der Waals surface area contributed by atoms with Crippen molar-refractivity contribution in [3.63, 3.8) is 0 Å². The molecule has 0 aromatic heterocycles. The SMILES string of the molecule is C.CC=O.CCNC[C@@H]1ON(Cc2cccc(-c3cc(C(=O)NC)cc(N(C)C)c3)c2C)[C@H](C(=O)N[C@H]2C[C@H]3C[C@@H]([C@@H]2C)C3(C)C)[C@@H]1[C@H](C)O.CCNC[C@@H]1ON(Cc2cccc(-c3cc(C(=O)NC)cc(N(C)C)c3)c2C)[C@H](C(=O)N[C@H]2C[C@H]3C[C@@H]([C@@H]2C)C3(C)C)[C@@H]1[C@H](C)O.CNC(=O)c1cc(-c2cccc(CN3O[C@@H](CN)[C@@H]([C@H](C)O)[C@H]3C(=O)N[C@H]3C[C@H]4C[C@@H]([C@@H]3C)C4(C)C)c2C)cc(N(C)C)c1. The smallest absolute Gasteiger partial charge is 0.251 e. The van der Waals surface area contributed by atoms with E-state index in [-0.39, 0.29) is 91.6 Å². The molecule has 6 aromatic rings. The van der Waals surface area contributed by atoms with E-state index in [4.69, 9.17) is 25.0 Å². The third kappa shape index (κ3) is 23.2. The predicted octanol–water partition coefficient (Wildman–Crippen LogP) is 13.3. The number of anilines is 3. The van der Waals surface area contributed by atoms with Gasteiger partial charge in [-0.2, -0.15) is 15.2 Å². The molecule has 6 bridgehead atoms. The predicted molar refractivity (Wildman–Crippen MR) is 559 cm³/mol. The molecule has 6 amide bonds. The van der Waals surface area contributed by atoms with E-state index in [9.17, 15) is 44.1 Å². The lowest BCUT2D eigenvalue weighted by Gasteiger charge is -2.62. The quantitative estimate of drug-likeness (QED) is 0.0180. The van der Waals surface area contributed by atoms with Gasteiger partial charge >= 0.3 is 0 Å². The maximum atomic E-state index is 14.3. The van der Waals surface area contributed by atoms with E-state index in [1.807, 2.05) is 142 Å². The number of carbonyl (C=O) groups is 7. The van der Waals surface area contributed by atoms with Crippen LogP contribution in [0.4, 0.5) is 17.1 Å². The fraction of sp³-hybridized carbons (Fsp3) is 0.616. The summed E-state index contributed by atoms with van der Waals surface area (Å²) in [6.07, 6.45) is 4.05. The highest BCUT2D eigenvalue weighted by atomic mass is 16.7. The van der Waals surface area contributed by atoms with Crippen molar-refractivity contribution >= 4 is 58.8 Å². The Morgan fingerprint density at radius 2 is 0.700 bits per heavy atom. The standard InChI is InChI=1S/2C37H55N5O4.C35H51N5O4.C2H4O.CH4/c2*1-10-39-19-32-33(23(4)43)34(36(45)40-31-18-27-17-30(22(31)3)37(27,5)6)42(46-32)20-24-12-11-13-29(21(24)2)25-14-26(35(44)38-7)16-28(15-25)41(8)9;1-19-22(10-9-11-27(19)23-12-24(33(42)37-6)14-26(13-23)39(7)8)18-40-32(31(21(3)41)30(17-36)44-40)34(43)38-29-16-25-15-28(20(29)2)35(25,4)5;1-2-3;/h2*11-16,22-23,27,30-34,39,43H,10,17-20H2,1-9H3,(H,38,44)(H,40,45);9-14,20-21,25,28-32,41H,15-18,36H2,1-8H3,(H,37,42)(H,38,43);2H,1H3;1H4/t2*22-,23-,27+,30-,31-,32-,33+,34-;20-,21-,25+,28-,29-,30-,31+,32-;;/m000../s1. The van der Waals surface area contributed by atoms with E-state index in [2.05, 4.69) is 174 Å². The summed E-state index contributed by atoms with van der Waals surface area (Å²) in [5.41, 5.74) is 23.7. The van der Waals surface area contributed by atoms with Crippen LogP contribution in [0.25, 0.3) is 33.4 Å². The third-order valence-corrected chi connectivity index (χ3v) is 34.1. The van der Waals surface area contributed by atoms with Gasteiger partial charge in [-0.15, -0.1) is 0 Å². The molecule has 28 heteroatoms. The molecule has 9 saturated carbocycles. The Bertz CT molecular complexity index is 5090. The number of likely N-dealkylation sites (N-methyl/N-ethyl adjacent to an activating group) is 2. The van der Waals surface area contributed by atoms with Gasteiger partial charge in [-0.05, 0) is 291 Å². The number of nitrogens with one attached hydrogen (secondary N) is 8. The van der Waals surface area contributed by atoms with Crippen LogP contribution in [0.15, 0.2) is 109 Å². The van der Waals surface area contributed by atoms with E-state index in [1.165, 1.54) is 26.2 Å². The molecule has 9 aliphatic carbocycles. The number of hydrogen-bond donors (Lipinski definition) is 12. The van der Waals surface area contributed by atoms with Crippen LogP contribution in [0.3, 0.4) is 0 Å². The van der Waals surface area contributed by atoms with Crippen molar-refractivity contribution < 1.29 is 63.4 Å². The molecule has 0 spiro atoms. The first-order valence-electron chi connectivity index (χ1n) is 50.9. The van der Waals surface area contributed by atoms with Crippen molar-refractivity contribution in [2.75, 3.05) is 111 Å². The zero-order chi connectivity index (χ0) is 102. The van der Waals surface area contributed by atoms with Crippen LogP contribution in [0, 0.1) is 108 Å². The first kappa shape index (κ1) is 111. The molecule has 3 saturated heterocycles. The van der Waals surface area contributed by atoms with Crippen LogP contribution in [-0.4, -0.2) is 241 Å². The average molecular weight is 1930 g/mol. The van der Waals surface area contributed by atoms with Gasteiger partial charge in [0.05, 0.1) is 56.3 Å². The third-order valence-electron chi connectivity index (χ3n) is 34.1. The van der Waals surface area contributed by atoms with Gasteiger partial charge < -0.3 is 83.1 Å². The van der Waals surface area contributed by atoms with E-state index in [0.29, 0.717) is 119 Å². The zero-order valence-corrected chi connectivity index (χ0v) is 87.9. The van der Waals surface area contributed by atoms with Crippen LogP contribution in [0.2, 0.25) is 0 Å². The Labute approximate surface area is 834 Å². The number of aldehydes is 1. The molecule has 3 heterocycles. The topological polar surface area (TPSA) is 350 Å². The zero-order valence-electron chi connectivity index (χ0n) is 87.9. The Hall–Kier alpha value is -9.27. The monoisotopic (exact) mass is 1930 g/mol. The molecule has 18 rings (SSSR count). The van der Waals surface area contributed by atoms with Crippen molar-refractivity contribution in [1.29, 1.82) is 0 Å². The molecule has 0 radical (unpaired) electrons. The van der Waals surface area contributed by atoms with E-state index in [0.717, 1.165) is 122 Å². The summed E-state index contributed by atoms with van der Waals surface area (Å²) in [6, 6.07) is 34.5. The van der Waals surface area contributed by atoms with Crippen LogP contribution < -0.4 is 63.0 Å². The number of benzene rings is 6. The Morgan fingerprint density at radius 3 is 0.921 bits per heavy atom. The lowest BCUT2D eigenvalue weighted by molar-refractivity contribution is -0.177. The number of amides is 6. The first-order chi connectivity index (χ1) is 65.7. The number of fused-ring (bicyclic) bond motifs is 6. The number of nitrogens with two attached hydrogens (primary N) is 1. The number of rotatable bonds is 31. The normalized spacial score (nSPS) is 28.6. The fourth-order valence-corrected chi connectivity index (χ4v) is 25.0. The largest absolute Gasteiger partial charge is 0.393 e.